The van der Waals surface area contributed by atoms with Crippen molar-refractivity contribution < 1.29 is 22.6 Å². The number of benzene rings is 1. The van der Waals surface area contributed by atoms with E-state index in [2.05, 4.69) is 66.5 Å². The van der Waals surface area contributed by atoms with Crippen molar-refractivity contribution in [2.24, 2.45) is 14.1 Å². The molecular weight excluding hydrogens is 723 g/mol. The molecule has 19 heteroatoms. The highest BCUT2D eigenvalue weighted by atomic mass is 79.9. The summed E-state index contributed by atoms with van der Waals surface area (Å²) in [7, 11) is 3.51. The van der Waals surface area contributed by atoms with Crippen LogP contribution in [0.5, 0.6) is 0 Å². The van der Waals surface area contributed by atoms with E-state index in [-0.39, 0.29) is 16.9 Å². The van der Waals surface area contributed by atoms with E-state index in [0.29, 0.717) is 29.5 Å². The highest BCUT2D eigenvalue weighted by molar-refractivity contribution is 9.10. The minimum atomic E-state index is -4.60. The zero-order valence-electron chi connectivity index (χ0n) is 27.7. The van der Waals surface area contributed by atoms with E-state index in [0.717, 1.165) is 87.9 Å². The molecule has 4 N–H and O–H groups in total. The molecule has 2 saturated heterocycles. The molecule has 268 valence electrons. The van der Waals surface area contributed by atoms with E-state index in [1.54, 1.807) is 17.9 Å². The van der Waals surface area contributed by atoms with Crippen molar-refractivity contribution >= 4 is 55.6 Å². The summed E-state index contributed by atoms with van der Waals surface area (Å²) in [5.74, 6) is 1.04. The Labute approximate surface area is 294 Å². The van der Waals surface area contributed by atoms with Gasteiger partial charge in [0, 0.05) is 90.1 Å². The van der Waals surface area contributed by atoms with Crippen LogP contribution in [-0.4, -0.2) is 128 Å². The minimum Gasteiger partial charge on any atom is -0.398 e. The number of hydrogen-bond acceptors (Lipinski definition) is 13. The van der Waals surface area contributed by atoms with Crippen LogP contribution in [0.25, 0.3) is 33.3 Å². The summed E-state index contributed by atoms with van der Waals surface area (Å²) in [6, 6.07) is 4.06. The number of nitrogens with two attached hydrogens (primary N) is 1. The molecule has 5 aromatic rings. The number of hydrogen-bond donors (Lipinski definition) is 3. The molecule has 0 saturated carbocycles. The average molecular weight is 763 g/mol. The van der Waals surface area contributed by atoms with E-state index < -0.39 is 11.7 Å². The van der Waals surface area contributed by atoms with Gasteiger partial charge in [-0.3, -0.25) is 9.80 Å². The molecule has 0 unspecified atom stereocenters. The lowest BCUT2D eigenvalue weighted by Crippen LogP contribution is -2.39. The normalized spacial score (nSPS) is 16.0. The molecule has 0 amide bonds. The second-order valence-electron chi connectivity index (χ2n) is 11.8. The van der Waals surface area contributed by atoms with Gasteiger partial charge in [0.05, 0.1) is 42.8 Å². The molecule has 50 heavy (non-hydrogen) atoms. The molecule has 2 aliphatic rings. The molecule has 2 aliphatic heterocycles. The first-order valence-electron chi connectivity index (χ1n) is 16.2. The molecule has 4 aromatic heterocycles. The maximum atomic E-state index is 13.6. The van der Waals surface area contributed by atoms with Crippen LogP contribution >= 0.6 is 15.9 Å². The number of morpholine rings is 2. The van der Waals surface area contributed by atoms with Crippen molar-refractivity contribution in [3.63, 3.8) is 0 Å². The monoisotopic (exact) mass is 761 g/mol. The molecule has 0 aliphatic carbocycles. The SMILES string of the molecule is Cn1nc(-c2cccc(N)c2C(F)(F)F)c2cnc(NCCN3CCOCC3)nc21.Cn1nc(Br)c2cnc(NCCN3CCOCC3)nc21. The third-order valence-corrected chi connectivity index (χ3v) is 8.97. The lowest BCUT2D eigenvalue weighted by molar-refractivity contribution is -0.136. The standard InChI is InChI=1S/C19H22F3N7O.C12H17BrN6O/c1-28-17-13(11-25-18(26-17)24-5-6-29-7-9-30-10-8-29)16(27-28)12-3-2-4-14(23)15(12)19(20,21)22;1-18-11-9(10(13)17-18)8-15-12(16-11)14-2-3-19-4-6-20-7-5-19/h2-4,11H,5-10,23H2,1H3,(H,24,25,26);8H,2-7H2,1H3,(H,14,15,16). The maximum Gasteiger partial charge on any atom is 0.419 e. The average Bonchev–Trinajstić information content (AvgIpc) is 3.59. The highest BCUT2D eigenvalue weighted by Gasteiger charge is 2.37. The predicted octanol–water partition coefficient (Wildman–Crippen LogP) is 3.25. The fraction of sp³-hybridized carbons (Fsp3) is 0.484. The van der Waals surface area contributed by atoms with E-state index in [1.165, 1.54) is 29.1 Å². The van der Waals surface area contributed by atoms with Gasteiger partial charge in [0.1, 0.15) is 10.3 Å². The molecule has 2 fully saturated rings. The van der Waals surface area contributed by atoms with Crippen molar-refractivity contribution in [1.82, 2.24) is 49.3 Å². The summed E-state index contributed by atoms with van der Waals surface area (Å²) < 4.78 is 55.4. The van der Waals surface area contributed by atoms with Crippen LogP contribution in [0.2, 0.25) is 0 Å². The first-order valence-corrected chi connectivity index (χ1v) is 17.0. The van der Waals surface area contributed by atoms with Crippen LogP contribution in [0.15, 0.2) is 35.2 Å². The number of aryl methyl sites for hydroxylation is 2. The predicted molar refractivity (Wildman–Crippen MR) is 187 cm³/mol. The second-order valence-corrected chi connectivity index (χ2v) is 12.5. The van der Waals surface area contributed by atoms with Gasteiger partial charge in [-0.25, -0.2) is 19.3 Å². The Bertz CT molecular complexity index is 1910. The number of anilines is 3. The quantitative estimate of drug-likeness (QED) is 0.188. The van der Waals surface area contributed by atoms with Gasteiger partial charge in [-0.15, -0.1) is 0 Å². The van der Waals surface area contributed by atoms with Crippen molar-refractivity contribution in [1.29, 1.82) is 0 Å². The van der Waals surface area contributed by atoms with Crippen LogP contribution < -0.4 is 16.4 Å². The summed E-state index contributed by atoms with van der Waals surface area (Å²) in [6.45, 7) is 10.1. The number of ether oxygens (including phenoxy) is 2. The summed E-state index contributed by atoms with van der Waals surface area (Å²) in [5.41, 5.74) is 5.68. The number of alkyl halides is 3. The van der Waals surface area contributed by atoms with Gasteiger partial charge in [0.2, 0.25) is 11.9 Å². The van der Waals surface area contributed by atoms with Crippen molar-refractivity contribution in [3.05, 3.63) is 40.8 Å². The zero-order chi connectivity index (χ0) is 35.3. The van der Waals surface area contributed by atoms with Crippen LogP contribution in [0.3, 0.4) is 0 Å². The molecular formula is C31H39BrF3N13O2. The van der Waals surface area contributed by atoms with Gasteiger partial charge in [-0.2, -0.15) is 33.3 Å². The Hall–Kier alpha value is -4.17. The minimum absolute atomic E-state index is 0.0928. The first-order chi connectivity index (χ1) is 24.1. The number of rotatable bonds is 9. The first kappa shape index (κ1) is 35.6. The van der Waals surface area contributed by atoms with Gasteiger partial charge in [0.15, 0.2) is 11.3 Å². The van der Waals surface area contributed by atoms with Crippen LogP contribution in [0, 0.1) is 0 Å². The fourth-order valence-corrected chi connectivity index (χ4v) is 6.31. The maximum absolute atomic E-state index is 13.6. The van der Waals surface area contributed by atoms with E-state index in [1.807, 2.05) is 7.05 Å². The van der Waals surface area contributed by atoms with Crippen LogP contribution in [0.4, 0.5) is 30.8 Å². The van der Waals surface area contributed by atoms with E-state index in [4.69, 9.17) is 15.2 Å². The molecule has 0 radical (unpaired) electrons. The van der Waals surface area contributed by atoms with Gasteiger partial charge < -0.3 is 25.8 Å². The molecule has 1 aromatic carbocycles. The Morgan fingerprint density at radius 3 is 1.88 bits per heavy atom. The van der Waals surface area contributed by atoms with Crippen LogP contribution in [-0.2, 0) is 29.7 Å². The molecule has 15 nitrogen and oxygen atoms in total. The smallest absolute Gasteiger partial charge is 0.398 e. The van der Waals surface area contributed by atoms with Gasteiger partial charge in [-0.1, -0.05) is 12.1 Å². The second kappa shape index (κ2) is 15.8. The number of aromatic nitrogens is 8. The number of nitrogens with zero attached hydrogens (tertiary/aromatic N) is 10. The molecule has 7 rings (SSSR count). The summed E-state index contributed by atoms with van der Waals surface area (Å²) in [6.07, 6.45) is -1.33. The third kappa shape index (κ3) is 8.40. The number of fused-ring (bicyclic) bond motifs is 2. The van der Waals surface area contributed by atoms with Crippen molar-refractivity contribution in [3.8, 4) is 11.3 Å². The number of halogens is 4. The van der Waals surface area contributed by atoms with Gasteiger partial charge in [-0.05, 0) is 22.0 Å². The molecule has 0 bridgehead atoms. The molecule has 0 spiro atoms. The third-order valence-electron chi connectivity index (χ3n) is 8.38. The number of nitrogen functional groups attached to an aromatic ring is 1. The van der Waals surface area contributed by atoms with Crippen molar-refractivity contribution in [2.75, 3.05) is 95.2 Å². The Kier molecular flexibility index (Phi) is 11.3. The lowest BCUT2D eigenvalue weighted by atomic mass is 10.0. The Morgan fingerprint density at radius 1 is 0.800 bits per heavy atom. The van der Waals surface area contributed by atoms with Crippen molar-refractivity contribution in [2.45, 2.75) is 6.18 Å². The summed E-state index contributed by atoms with van der Waals surface area (Å²) in [5, 5.41) is 16.3. The molecule has 0 atom stereocenters. The topological polar surface area (TPSA) is 162 Å². The number of nitrogens with one attached hydrogen (secondary N) is 2. The fourth-order valence-electron chi connectivity index (χ4n) is 5.79. The summed E-state index contributed by atoms with van der Waals surface area (Å²) >= 11 is 3.40. The van der Waals surface area contributed by atoms with Gasteiger partial charge in [0.25, 0.3) is 0 Å². The van der Waals surface area contributed by atoms with Crippen LogP contribution in [0.1, 0.15) is 5.56 Å². The van der Waals surface area contributed by atoms with Gasteiger partial charge >= 0.3 is 6.18 Å². The van der Waals surface area contributed by atoms with E-state index in [9.17, 15) is 13.2 Å². The highest BCUT2D eigenvalue weighted by Crippen LogP contribution is 2.41. The molecule has 6 heterocycles. The zero-order valence-corrected chi connectivity index (χ0v) is 29.3. The Morgan fingerprint density at radius 2 is 1.32 bits per heavy atom. The Balaban J connectivity index is 0.000000187. The summed E-state index contributed by atoms with van der Waals surface area (Å²) in [4.78, 5) is 22.2. The van der Waals surface area contributed by atoms with E-state index >= 15 is 0 Å². The largest absolute Gasteiger partial charge is 0.419 e. The lowest BCUT2D eigenvalue weighted by Gasteiger charge is -2.26.